The summed E-state index contributed by atoms with van der Waals surface area (Å²) in [6.07, 6.45) is 3.51. The number of nitro groups is 1. The van der Waals surface area contributed by atoms with E-state index >= 15 is 0 Å². The SMILES string of the molecule is O=C(NCC1CCCCS1)c1ccc([N+](=O)[O-])c(O)c1. The number of phenolic OH excluding ortho intramolecular Hbond substituents is 1. The van der Waals surface area contributed by atoms with E-state index in [9.17, 15) is 20.0 Å². The third kappa shape index (κ3) is 3.63. The first kappa shape index (κ1) is 14.6. The van der Waals surface area contributed by atoms with Gasteiger partial charge in [0.05, 0.1) is 4.92 Å². The normalized spacial score (nSPS) is 18.5. The molecule has 1 aromatic rings. The van der Waals surface area contributed by atoms with Gasteiger partial charge in [-0.25, -0.2) is 0 Å². The number of thioether (sulfide) groups is 1. The summed E-state index contributed by atoms with van der Waals surface area (Å²) in [5, 5.41) is 23.3. The Labute approximate surface area is 120 Å². The van der Waals surface area contributed by atoms with Gasteiger partial charge in [-0.3, -0.25) is 14.9 Å². The number of hydrogen-bond acceptors (Lipinski definition) is 5. The van der Waals surface area contributed by atoms with Gasteiger partial charge in [-0.2, -0.15) is 11.8 Å². The number of nitrogens with zero attached hydrogens (tertiary/aromatic N) is 1. The zero-order valence-corrected chi connectivity index (χ0v) is 11.7. The minimum atomic E-state index is -0.685. The lowest BCUT2D eigenvalue weighted by Crippen LogP contribution is -2.31. The molecular weight excluding hydrogens is 280 g/mol. The van der Waals surface area contributed by atoms with Crippen LogP contribution >= 0.6 is 11.8 Å². The third-order valence-electron chi connectivity index (χ3n) is 3.20. The van der Waals surface area contributed by atoms with Crippen LogP contribution in [-0.2, 0) is 0 Å². The first-order valence-corrected chi connectivity index (χ1v) is 7.50. The molecule has 0 aliphatic carbocycles. The highest BCUT2D eigenvalue weighted by atomic mass is 32.2. The van der Waals surface area contributed by atoms with Gasteiger partial charge in [0.25, 0.3) is 5.91 Å². The second-order valence-electron chi connectivity index (χ2n) is 4.66. The molecule has 0 aromatic heterocycles. The van der Waals surface area contributed by atoms with Crippen molar-refractivity contribution in [2.75, 3.05) is 12.3 Å². The lowest BCUT2D eigenvalue weighted by Gasteiger charge is -2.21. The smallest absolute Gasteiger partial charge is 0.310 e. The van der Waals surface area contributed by atoms with Gasteiger partial charge in [-0.15, -0.1) is 0 Å². The molecule has 1 aromatic carbocycles. The van der Waals surface area contributed by atoms with Crippen LogP contribution < -0.4 is 5.32 Å². The molecule has 1 aliphatic rings. The Kier molecular flexibility index (Phi) is 4.84. The molecule has 0 bridgehead atoms. The Balaban J connectivity index is 1.95. The van der Waals surface area contributed by atoms with Crippen LogP contribution in [0, 0.1) is 10.1 Å². The van der Waals surface area contributed by atoms with Gasteiger partial charge in [0, 0.05) is 23.4 Å². The Hall–Kier alpha value is -1.76. The Morgan fingerprint density at radius 2 is 2.30 bits per heavy atom. The molecule has 7 heteroatoms. The van der Waals surface area contributed by atoms with Crippen molar-refractivity contribution in [2.45, 2.75) is 24.5 Å². The fourth-order valence-electron chi connectivity index (χ4n) is 2.10. The number of hydrogen-bond donors (Lipinski definition) is 2. The van der Waals surface area contributed by atoms with Crippen LogP contribution in [0.4, 0.5) is 5.69 Å². The van der Waals surface area contributed by atoms with E-state index in [0.717, 1.165) is 24.3 Å². The van der Waals surface area contributed by atoms with Crippen molar-refractivity contribution in [1.29, 1.82) is 0 Å². The molecule has 2 rings (SSSR count). The minimum Gasteiger partial charge on any atom is -0.502 e. The Bertz CT molecular complexity index is 515. The summed E-state index contributed by atoms with van der Waals surface area (Å²) in [6.45, 7) is 0.585. The van der Waals surface area contributed by atoms with E-state index in [4.69, 9.17) is 0 Å². The number of carbonyl (C=O) groups excluding carboxylic acids is 1. The average Bonchev–Trinajstić information content (AvgIpc) is 2.45. The van der Waals surface area contributed by atoms with Crippen LogP contribution in [0.1, 0.15) is 29.6 Å². The van der Waals surface area contributed by atoms with Crippen molar-refractivity contribution in [1.82, 2.24) is 5.32 Å². The van der Waals surface area contributed by atoms with E-state index < -0.39 is 16.4 Å². The predicted molar refractivity (Wildman–Crippen MR) is 77.2 cm³/mol. The first-order valence-electron chi connectivity index (χ1n) is 6.45. The van der Waals surface area contributed by atoms with Gasteiger partial charge in [-0.1, -0.05) is 6.42 Å². The number of aromatic hydroxyl groups is 1. The van der Waals surface area contributed by atoms with Crippen LogP contribution in [0.25, 0.3) is 0 Å². The standard InChI is InChI=1S/C13H16N2O4S/c16-12-7-9(4-5-11(12)15(18)19)13(17)14-8-10-3-1-2-6-20-10/h4-5,7,10,16H,1-3,6,8H2,(H,14,17). The second kappa shape index (κ2) is 6.60. The number of rotatable bonds is 4. The molecule has 1 atom stereocenters. The van der Waals surface area contributed by atoms with Crippen molar-refractivity contribution >= 4 is 23.4 Å². The van der Waals surface area contributed by atoms with E-state index in [1.54, 1.807) is 0 Å². The molecule has 6 nitrogen and oxygen atoms in total. The lowest BCUT2D eigenvalue weighted by molar-refractivity contribution is -0.385. The maximum Gasteiger partial charge on any atom is 0.310 e. The maximum absolute atomic E-state index is 11.9. The summed E-state index contributed by atoms with van der Waals surface area (Å²) in [4.78, 5) is 21.8. The largest absolute Gasteiger partial charge is 0.502 e. The molecule has 1 amide bonds. The number of phenols is 1. The van der Waals surface area contributed by atoms with E-state index in [1.165, 1.54) is 18.9 Å². The number of nitrogens with one attached hydrogen (secondary N) is 1. The van der Waals surface area contributed by atoms with Crippen molar-refractivity contribution < 1.29 is 14.8 Å². The van der Waals surface area contributed by atoms with Crippen molar-refractivity contribution in [3.8, 4) is 5.75 Å². The van der Waals surface area contributed by atoms with Crippen molar-refractivity contribution in [2.24, 2.45) is 0 Å². The third-order valence-corrected chi connectivity index (χ3v) is 4.60. The average molecular weight is 296 g/mol. The van der Waals surface area contributed by atoms with Gasteiger partial charge < -0.3 is 10.4 Å². The number of carbonyl (C=O) groups is 1. The molecule has 0 radical (unpaired) electrons. The topological polar surface area (TPSA) is 92.5 Å². The molecule has 108 valence electrons. The highest BCUT2D eigenvalue weighted by Crippen LogP contribution is 2.27. The number of nitro benzene ring substituents is 1. The molecule has 1 aliphatic heterocycles. The van der Waals surface area contributed by atoms with Crippen LogP contribution in [-0.4, -0.2) is 33.5 Å². The monoisotopic (exact) mass is 296 g/mol. The summed E-state index contributed by atoms with van der Waals surface area (Å²) in [6, 6.07) is 3.61. The van der Waals surface area contributed by atoms with E-state index in [2.05, 4.69) is 5.32 Å². The van der Waals surface area contributed by atoms with Crippen LogP contribution in [0.5, 0.6) is 5.75 Å². The van der Waals surface area contributed by atoms with Gasteiger partial charge in [-0.05, 0) is 30.7 Å². The molecule has 0 saturated carbocycles. The fraction of sp³-hybridized carbons (Fsp3) is 0.462. The second-order valence-corrected chi connectivity index (χ2v) is 6.07. The summed E-state index contributed by atoms with van der Waals surface area (Å²) in [5.41, 5.74) is -0.168. The Morgan fingerprint density at radius 1 is 1.50 bits per heavy atom. The van der Waals surface area contributed by atoms with Gasteiger partial charge in [0.15, 0.2) is 5.75 Å². The van der Waals surface area contributed by atoms with Crippen LogP contribution in [0.15, 0.2) is 18.2 Å². The Morgan fingerprint density at radius 3 is 2.90 bits per heavy atom. The minimum absolute atomic E-state index is 0.230. The quantitative estimate of drug-likeness (QED) is 0.657. The summed E-state index contributed by atoms with van der Waals surface area (Å²) < 4.78 is 0. The molecule has 1 fully saturated rings. The maximum atomic E-state index is 11.9. The van der Waals surface area contributed by atoms with Crippen LogP contribution in [0.2, 0.25) is 0 Å². The van der Waals surface area contributed by atoms with Crippen LogP contribution in [0.3, 0.4) is 0 Å². The molecule has 0 spiro atoms. The predicted octanol–water partition coefficient (Wildman–Crippen LogP) is 2.32. The highest BCUT2D eigenvalue weighted by Gasteiger charge is 2.18. The molecule has 20 heavy (non-hydrogen) atoms. The zero-order chi connectivity index (χ0) is 14.5. The molecule has 1 saturated heterocycles. The molecular formula is C13H16N2O4S. The number of benzene rings is 1. The lowest BCUT2D eigenvalue weighted by atomic mass is 10.1. The zero-order valence-electron chi connectivity index (χ0n) is 10.9. The molecule has 1 heterocycles. The van der Waals surface area contributed by atoms with Gasteiger partial charge in [0.1, 0.15) is 0 Å². The van der Waals surface area contributed by atoms with Gasteiger partial charge in [0.2, 0.25) is 0 Å². The summed E-state index contributed by atoms with van der Waals surface area (Å²) in [7, 11) is 0. The van der Waals surface area contributed by atoms with E-state index in [1.807, 2.05) is 11.8 Å². The van der Waals surface area contributed by atoms with Crippen molar-refractivity contribution in [3.05, 3.63) is 33.9 Å². The summed E-state index contributed by atoms with van der Waals surface area (Å²) in [5.74, 6) is 0.315. The molecule has 2 N–H and O–H groups in total. The highest BCUT2D eigenvalue weighted by molar-refractivity contribution is 7.99. The molecule has 1 unspecified atom stereocenters. The fourth-order valence-corrected chi connectivity index (χ4v) is 3.33. The van der Waals surface area contributed by atoms with E-state index in [-0.39, 0.29) is 11.5 Å². The first-order chi connectivity index (χ1) is 9.58. The summed E-state index contributed by atoms with van der Waals surface area (Å²) >= 11 is 1.86. The van der Waals surface area contributed by atoms with Crippen molar-refractivity contribution in [3.63, 3.8) is 0 Å². The number of amides is 1. The van der Waals surface area contributed by atoms with E-state index in [0.29, 0.717) is 11.8 Å². The van der Waals surface area contributed by atoms with Gasteiger partial charge >= 0.3 is 5.69 Å².